The Morgan fingerprint density at radius 3 is 2.27 bits per heavy atom. The minimum absolute atomic E-state index is 0.0862. The molecule has 0 bridgehead atoms. The second-order valence-electron chi connectivity index (χ2n) is 2.53. The number of urea groups is 1. The van der Waals surface area contributed by atoms with Crippen LogP contribution in [0.15, 0.2) is 0 Å². The second-order valence-corrected chi connectivity index (χ2v) is 3.51. The van der Waals surface area contributed by atoms with E-state index in [2.05, 4.69) is 10.6 Å². The Bertz CT molecular complexity index is 246. The Hall–Kier alpha value is -1.44. The monoisotopic (exact) mass is 235 g/mol. The first-order valence-electron chi connectivity index (χ1n) is 4.12. The lowest BCUT2D eigenvalue weighted by molar-refractivity contribution is -0.133. The summed E-state index contributed by atoms with van der Waals surface area (Å²) in [6.07, 6.45) is 0. The Morgan fingerprint density at radius 1 is 1.13 bits per heavy atom. The number of carbonyl (C=O) groups excluding carboxylic acids is 2. The van der Waals surface area contributed by atoms with Gasteiger partial charge in [0.15, 0.2) is 0 Å². The highest BCUT2D eigenvalue weighted by Gasteiger charge is 2.03. The molecule has 0 saturated carbocycles. The van der Waals surface area contributed by atoms with Crippen molar-refractivity contribution in [2.75, 3.05) is 24.6 Å². The molecule has 0 unspecified atom stereocenters. The Balaban J connectivity index is 3.33. The van der Waals surface area contributed by atoms with Crippen molar-refractivity contribution < 1.29 is 19.5 Å². The van der Waals surface area contributed by atoms with Gasteiger partial charge < -0.3 is 21.5 Å². The number of nitrogens with one attached hydrogen (secondary N) is 2. The maximum absolute atomic E-state index is 11.0. The lowest BCUT2D eigenvalue weighted by Gasteiger charge is -2.04. The normalized spacial score (nSPS) is 9.33. The number of amides is 3. The fourth-order valence-corrected chi connectivity index (χ4v) is 1.23. The molecule has 3 amide bonds. The molecule has 0 spiro atoms. The average Bonchev–Trinajstić information content (AvgIpc) is 2.11. The molecular formula is C7H13N3O4S. The summed E-state index contributed by atoms with van der Waals surface area (Å²) < 4.78 is 0. The zero-order valence-corrected chi connectivity index (χ0v) is 8.80. The maximum atomic E-state index is 11.0. The van der Waals surface area contributed by atoms with E-state index in [4.69, 9.17) is 10.8 Å². The topological polar surface area (TPSA) is 122 Å². The summed E-state index contributed by atoms with van der Waals surface area (Å²) in [5, 5.41) is 13.1. The van der Waals surface area contributed by atoms with Crippen LogP contribution in [0, 0.1) is 0 Å². The summed E-state index contributed by atoms with van der Waals surface area (Å²) in [6, 6.07) is -0.649. The molecule has 86 valence electrons. The van der Waals surface area contributed by atoms with Crippen LogP contribution in [0.1, 0.15) is 0 Å². The van der Waals surface area contributed by atoms with E-state index in [9.17, 15) is 14.4 Å². The van der Waals surface area contributed by atoms with Gasteiger partial charge in [-0.15, -0.1) is 11.8 Å². The summed E-state index contributed by atoms with van der Waals surface area (Å²) in [7, 11) is 0. The number of carbonyl (C=O) groups is 3. The van der Waals surface area contributed by atoms with Crippen molar-refractivity contribution in [2.24, 2.45) is 5.73 Å². The van der Waals surface area contributed by atoms with Gasteiger partial charge in [-0.1, -0.05) is 0 Å². The molecule has 0 fully saturated rings. The van der Waals surface area contributed by atoms with Gasteiger partial charge in [-0.3, -0.25) is 9.59 Å². The highest BCUT2D eigenvalue weighted by molar-refractivity contribution is 8.00. The molecule has 0 aromatic heterocycles. The van der Waals surface area contributed by atoms with Crippen molar-refractivity contribution in [3.8, 4) is 0 Å². The molecule has 0 aromatic carbocycles. The largest absolute Gasteiger partial charge is 0.481 e. The van der Waals surface area contributed by atoms with Crippen LogP contribution >= 0.6 is 11.8 Å². The van der Waals surface area contributed by atoms with Gasteiger partial charge in [0.05, 0.1) is 11.5 Å². The van der Waals surface area contributed by atoms with Crippen molar-refractivity contribution in [3.63, 3.8) is 0 Å². The number of rotatable bonds is 7. The van der Waals surface area contributed by atoms with Gasteiger partial charge in [-0.05, 0) is 0 Å². The molecule has 0 saturated heterocycles. The van der Waals surface area contributed by atoms with E-state index in [1.807, 2.05) is 0 Å². The third kappa shape index (κ3) is 10.5. The molecule has 0 aliphatic carbocycles. The predicted molar refractivity (Wildman–Crippen MR) is 55.6 cm³/mol. The summed E-state index contributed by atoms with van der Waals surface area (Å²) in [5.74, 6) is -1.24. The lowest BCUT2D eigenvalue weighted by Crippen LogP contribution is -2.37. The van der Waals surface area contributed by atoms with Gasteiger partial charge in [-0.2, -0.15) is 0 Å². The quantitative estimate of drug-likeness (QED) is 0.404. The van der Waals surface area contributed by atoms with Crippen molar-refractivity contribution in [1.82, 2.24) is 10.6 Å². The molecule has 8 heteroatoms. The van der Waals surface area contributed by atoms with Gasteiger partial charge >= 0.3 is 12.0 Å². The van der Waals surface area contributed by atoms with E-state index >= 15 is 0 Å². The van der Waals surface area contributed by atoms with Gasteiger partial charge in [-0.25, -0.2) is 4.79 Å². The van der Waals surface area contributed by atoms with Crippen molar-refractivity contribution in [3.05, 3.63) is 0 Å². The first kappa shape index (κ1) is 13.6. The van der Waals surface area contributed by atoms with E-state index in [1.54, 1.807) is 0 Å². The first-order chi connectivity index (χ1) is 7.02. The second kappa shape index (κ2) is 7.92. The fourth-order valence-electron chi connectivity index (χ4n) is 0.670. The van der Waals surface area contributed by atoms with Gasteiger partial charge in [0.25, 0.3) is 0 Å². The standard InChI is InChI=1S/C7H13N3O4S/c8-7(14)10-2-1-9-5(11)3-15-4-6(12)13/h1-4H2,(H,9,11)(H,12,13)(H3,8,10,14). The molecule has 0 rings (SSSR count). The summed E-state index contributed by atoms with van der Waals surface area (Å²) in [6.45, 7) is 0.528. The SMILES string of the molecule is NC(=O)NCCNC(=O)CSCC(=O)O. The van der Waals surface area contributed by atoms with Crippen LogP contribution in [0.25, 0.3) is 0 Å². The van der Waals surface area contributed by atoms with E-state index < -0.39 is 12.0 Å². The van der Waals surface area contributed by atoms with Crippen LogP contribution in [-0.2, 0) is 9.59 Å². The highest BCUT2D eigenvalue weighted by atomic mass is 32.2. The molecule has 0 aliphatic heterocycles. The average molecular weight is 235 g/mol. The number of carboxylic acid groups (broad SMARTS) is 1. The van der Waals surface area contributed by atoms with E-state index in [-0.39, 0.29) is 30.5 Å². The van der Waals surface area contributed by atoms with E-state index in [1.165, 1.54) is 0 Å². The molecule has 5 N–H and O–H groups in total. The van der Waals surface area contributed by atoms with Crippen molar-refractivity contribution >= 4 is 29.7 Å². The van der Waals surface area contributed by atoms with Crippen molar-refractivity contribution in [2.45, 2.75) is 0 Å². The number of aliphatic carboxylic acids is 1. The van der Waals surface area contributed by atoms with E-state index in [0.717, 1.165) is 11.8 Å². The summed E-state index contributed by atoms with van der Waals surface area (Å²) >= 11 is 1.01. The van der Waals surface area contributed by atoms with Crippen LogP contribution in [0.4, 0.5) is 4.79 Å². The number of hydrogen-bond acceptors (Lipinski definition) is 4. The third-order valence-corrected chi connectivity index (χ3v) is 2.12. The minimum Gasteiger partial charge on any atom is -0.481 e. The van der Waals surface area contributed by atoms with Crippen LogP contribution in [0.5, 0.6) is 0 Å². The molecule has 0 atom stereocenters. The Labute approximate surface area is 90.8 Å². The molecule has 7 nitrogen and oxygen atoms in total. The first-order valence-corrected chi connectivity index (χ1v) is 5.27. The smallest absolute Gasteiger partial charge is 0.313 e. The highest BCUT2D eigenvalue weighted by Crippen LogP contribution is 1.97. The molecular weight excluding hydrogens is 222 g/mol. The van der Waals surface area contributed by atoms with Gasteiger partial charge in [0.2, 0.25) is 5.91 Å². The molecule has 0 radical (unpaired) electrons. The van der Waals surface area contributed by atoms with Crippen LogP contribution < -0.4 is 16.4 Å². The zero-order valence-electron chi connectivity index (χ0n) is 7.99. The number of primary amides is 1. The molecule has 15 heavy (non-hydrogen) atoms. The van der Waals surface area contributed by atoms with Gasteiger partial charge in [0, 0.05) is 13.1 Å². The molecule has 0 heterocycles. The summed E-state index contributed by atoms with van der Waals surface area (Å²) in [4.78, 5) is 31.3. The number of thioether (sulfide) groups is 1. The number of hydrogen-bond donors (Lipinski definition) is 4. The maximum Gasteiger partial charge on any atom is 0.313 e. The van der Waals surface area contributed by atoms with Gasteiger partial charge in [0.1, 0.15) is 0 Å². The zero-order chi connectivity index (χ0) is 11.7. The van der Waals surface area contributed by atoms with Crippen LogP contribution in [0.2, 0.25) is 0 Å². The fraction of sp³-hybridized carbons (Fsp3) is 0.571. The Morgan fingerprint density at radius 2 is 1.73 bits per heavy atom. The molecule has 0 aliphatic rings. The number of carboxylic acids is 1. The van der Waals surface area contributed by atoms with Crippen molar-refractivity contribution in [1.29, 1.82) is 0 Å². The lowest BCUT2D eigenvalue weighted by atomic mass is 10.6. The third-order valence-electron chi connectivity index (χ3n) is 1.21. The predicted octanol–water partition coefficient (Wildman–Crippen LogP) is -1.41. The molecule has 0 aromatic rings. The number of nitrogens with two attached hydrogens (primary N) is 1. The Kier molecular flexibility index (Phi) is 7.16. The van der Waals surface area contributed by atoms with Crippen LogP contribution in [0.3, 0.4) is 0 Å². The minimum atomic E-state index is -0.955. The van der Waals surface area contributed by atoms with E-state index in [0.29, 0.717) is 0 Å². The summed E-state index contributed by atoms with van der Waals surface area (Å²) in [5.41, 5.74) is 4.79. The van der Waals surface area contributed by atoms with Crippen LogP contribution in [-0.4, -0.2) is 47.6 Å².